The number of nitrogens with one attached hydrogen (secondary N) is 1. The maximum Gasteiger partial charge on any atom is 0.120 e. The summed E-state index contributed by atoms with van der Waals surface area (Å²) in [5, 5.41) is 13.8. The summed E-state index contributed by atoms with van der Waals surface area (Å²) in [6.45, 7) is 2.22. The molecule has 0 saturated heterocycles. The third-order valence-corrected chi connectivity index (χ3v) is 5.06. The zero-order valence-corrected chi connectivity index (χ0v) is 14.8. The second kappa shape index (κ2) is 8.23. The van der Waals surface area contributed by atoms with Crippen LogP contribution in [0.25, 0.3) is 0 Å². The molecule has 2 aromatic carbocycles. The molecular formula is C22H29NO. The summed E-state index contributed by atoms with van der Waals surface area (Å²) >= 11 is 0. The van der Waals surface area contributed by atoms with Crippen molar-refractivity contribution in [2.75, 3.05) is 5.32 Å². The van der Waals surface area contributed by atoms with Gasteiger partial charge >= 0.3 is 0 Å². The number of phenols is 1. The Bertz CT molecular complexity index is 678. The SMILES string of the molecule is CCCCCCc1ccc(Nc2cccc3c2CCCC3)cc1O. The average molecular weight is 323 g/mol. The Hall–Kier alpha value is -1.96. The van der Waals surface area contributed by atoms with E-state index < -0.39 is 0 Å². The van der Waals surface area contributed by atoms with E-state index in [-0.39, 0.29) is 0 Å². The maximum atomic E-state index is 10.3. The van der Waals surface area contributed by atoms with E-state index in [0.717, 1.165) is 30.5 Å². The van der Waals surface area contributed by atoms with Gasteiger partial charge in [0.15, 0.2) is 0 Å². The summed E-state index contributed by atoms with van der Waals surface area (Å²) in [7, 11) is 0. The van der Waals surface area contributed by atoms with Gasteiger partial charge in [0.05, 0.1) is 0 Å². The van der Waals surface area contributed by atoms with Crippen molar-refractivity contribution >= 4 is 11.4 Å². The fraction of sp³-hybridized carbons (Fsp3) is 0.455. The van der Waals surface area contributed by atoms with Crippen molar-refractivity contribution in [1.82, 2.24) is 0 Å². The van der Waals surface area contributed by atoms with Crippen LogP contribution in [0.4, 0.5) is 11.4 Å². The van der Waals surface area contributed by atoms with E-state index in [1.807, 2.05) is 6.07 Å². The summed E-state index contributed by atoms with van der Waals surface area (Å²) in [4.78, 5) is 0. The number of hydrogen-bond donors (Lipinski definition) is 2. The van der Waals surface area contributed by atoms with Gasteiger partial charge in [0.2, 0.25) is 0 Å². The Morgan fingerprint density at radius 1 is 1.00 bits per heavy atom. The molecule has 0 heterocycles. The average Bonchev–Trinajstić information content (AvgIpc) is 2.61. The number of rotatable bonds is 7. The Balaban J connectivity index is 1.69. The molecule has 2 N–H and O–H groups in total. The van der Waals surface area contributed by atoms with Crippen LogP contribution in [0.5, 0.6) is 5.75 Å². The van der Waals surface area contributed by atoms with Crippen molar-refractivity contribution in [2.45, 2.75) is 64.7 Å². The van der Waals surface area contributed by atoms with E-state index in [2.05, 4.69) is 42.6 Å². The van der Waals surface area contributed by atoms with Gasteiger partial charge in [-0.15, -0.1) is 0 Å². The highest BCUT2D eigenvalue weighted by Gasteiger charge is 2.13. The van der Waals surface area contributed by atoms with Crippen LogP contribution in [0, 0.1) is 0 Å². The van der Waals surface area contributed by atoms with E-state index >= 15 is 0 Å². The van der Waals surface area contributed by atoms with Crippen LogP contribution >= 0.6 is 0 Å². The first kappa shape index (κ1) is 16.9. The third-order valence-electron chi connectivity index (χ3n) is 5.06. The van der Waals surface area contributed by atoms with Gasteiger partial charge in [0, 0.05) is 17.4 Å². The summed E-state index contributed by atoms with van der Waals surface area (Å²) < 4.78 is 0. The number of hydrogen-bond acceptors (Lipinski definition) is 2. The molecule has 0 bridgehead atoms. The molecule has 2 nitrogen and oxygen atoms in total. The van der Waals surface area contributed by atoms with Gasteiger partial charge < -0.3 is 10.4 Å². The van der Waals surface area contributed by atoms with Gasteiger partial charge in [-0.05, 0) is 67.3 Å². The second-order valence-corrected chi connectivity index (χ2v) is 6.93. The Kier molecular flexibility index (Phi) is 5.79. The van der Waals surface area contributed by atoms with Crippen LogP contribution in [0.3, 0.4) is 0 Å². The van der Waals surface area contributed by atoms with E-state index in [1.165, 1.54) is 55.3 Å². The van der Waals surface area contributed by atoms with E-state index in [4.69, 9.17) is 0 Å². The van der Waals surface area contributed by atoms with Crippen LogP contribution in [0.15, 0.2) is 36.4 Å². The fourth-order valence-corrected chi connectivity index (χ4v) is 3.65. The second-order valence-electron chi connectivity index (χ2n) is 6.93. The predicted molar refractivity (Wildman–Crippen MR) is 102 cm³/mol. The van der Waals surface area contributed by atoms with Crippen molar-refractivity contribution in [3.63, 3.8) is 0 Å². The van der Waals surface area contributed by atoms with Gasteiger partial charge in [-0.3, -0.25) is 0 Å². The lowest BCUT2D eigenvalue weighted by Crippen LogP contribution is -2.06. The molecule has 3 rings (SSSR count). The Morgan fingerprint density at radius 2 is 1.88 bits per heavy atom. The molecule has 0 fully saturated rings. The number of aromatic hydroxyl groups is 1. The van der Waals surface area contributed by atoms with Gasteiger partial charge in [0.1, 0.15) is 5.75 Å². The fourth-order valence-electron chi connectivity index (χ4n) is 3.65. The lowest BCUT2D eigenvalue weighted by atomic mass is 9.90. The zero-order chi connectivity index (χ0) is 16.8. The maximum absolute atomic E-state index is 10.3. The van der Waals surface area contributed by atoms with Crippen LogP contribution in [0.1, 0.15) is 62.1 Å². The molecule has 0 radical (unpaired) electrons. The molecule has 0 atom stereocenters. The molecule has 1 aliphatic carbocycles. The van der Waals surface area contributed by atoms with E-state index in [0.29, 0.717) is 5.75 Å². The normalized spacial score (nSPS) is 13.5. The Labute approximate surface area is 145 Å². The van der Waals surface area contributed by atoms with Gasteiger partial charge in [0.25, 0.3) is 0 Å². The minimum absolute atomic E-state index is 0.418. The molecular weight excluding hydrogens is 294 g/mol. The molecule has 128 valence electrons. The first-order valence-electron chi connectivity index (χ1n) is 9.47. The van der Waals surface area contributed by atoms with Crippen LogP contribution in [0.2, 0.25) is 0 Å². The van der Waals surface area contributed by atoms with Crippen molar-refractivity contribution in [3.8, 4) is 5.75 Å². The van der Waals surface area contributed by atoms with Crippen LogP contribution in [-0.4, -0.2) is 5.11 Å². The molecule has 0 unspecified atom stereocenters. The standard InChI is InChI=1S/C22H29NO/c1-2-3-4-5-10-18-14-15-19(16-22(18)24)23-21-13-8-11-17-9-6-7-12-20(17)21/h8,11,13-16,23-24H,2-7,9-10,12H2,1H3. The molecule has 1 aliphatic rings. The highest BCUT2D eigenvalue weighted by molar-refractivity contribution is 5.66. The molecule has 0 aliphatic heterocycles. The first-order chi connectivity index (χ1) is 11.8. The molecule has 0 aromatic heterocycles. The predicted octanol–water partition coefficient (Wildman–Crippen LogP) is 6.14. The monoisotopic (exact) mass is 323 g/mol. The number of unbranched alkanes of at least 4 members (excludes halogenated alkanes) is 3. The van der Waals surface area contributed by atoms with Crippen molar-refractivity contribution in [1.29, 1.82) is 0 Å². The van der Waals surface area contributed by atoms with Crippen molar-refractivity contribution in [2.24, 2.45) is 0 Å². The smallest absolute Gasteiger partial charge is 0.120 e. The summed E-state index contributed by atoms with van der Waals surface area (Å²) in [5.74, 6) is 0.418. The molecule has 24 heavy (non-hydrogen) atoms. The zero-order valence-electron chi connectivity index (χ0n) is 14.8. The summed E-state index contributed by atoms with van der Waals surface area (Å²) in [6, 6.07) is 12.6. The third kappa shape index (κ3) is 4.11. The minimum Gasteiger partial charge on any atom is -0.508 e. The molecule has 2 aromatic rings. The topological polar surface area (TPSA) is 32.3 Å². The number of phenolic OH excluding ortho intramolecular Hbond substituents is 1. The quantitative estimate of drug-likeness (QED) is 0.600. The molecule has 0 amide bonds. The summed E-state index contributed by atoms with van der Waals surface area (Å²) in [5.41, 5.74) is 6.16. The lowest BCUT2D eigenvalue weighted by Gasteiger charge is -2.20. The number of fused-ring (bicyclic) bond motifs is 1. The van der Waals surface area contributed by atoms with E-state index in [1.54, 1.807) is 0 Å². The highest BCUT2D eigenvalue weighted by Crippen LogP contribution is 2.31. The van der Waals surface area contributed by atoms with Gasteiger partial charge in [-0.1, -0.05) is 44.4 Å². The molecule has 0 spiro atoms. The minimum atomic E-state index is 0.418. The lowest BCUT2D eigenvalue weighted by molar-refractivity contribution is 0.466. The summed E-state index contributed by atoms with van der Waals surface area (Å²) in [6.07, 6.45) is 10.8. The first-order valence-corrected chi connectivity index (χ1v) is 9.47. The van der Waals surface area contributed by atoms with Crippen LogP contribution < -0.4 is 5.32 Å². The number of benzene rings is 2. The van der Waals surface area contributed by atoms with Gasteiger partial charge in [-0.25, -0.2) is 0 Å². The van der Waals surface area contributed by atoms with Crippen molar-refractivity contribution in [3.05, 3.63) is 53.1 Å². The molecule has 0 saturated carbocycles. The number of aryl methyl sites for hydroxylation is 2. The van der Waals surface area contributed by atoms with E-state index in [9.17, 15) is 5.11 Å². The van der Waals surface area contributed by atoms with Gasteiger partial charge in [-0.2, -0.15) is 0 Å². The Morgan fingerprint density at radius 3 is 2.71 bits per heavy atom. The number of anilines is 2. The van der Waals surface area contributed by atoms with Crippen molar-refractivity contribution < 1.29 is 5.11 Å². The molecule has 2 heteroatoms. The largest absolute Gasteiger partial charge is 0.508 e. The van der Waals surface area contributed by atoms with Crippen LogP contribution in [-0.2, 0) is 19.3 Å². The highest BCUT2D eigenvalue weighted by atomic mass is 16.3.